The second-order valence-electron chi connectivity index (χ2n) is 8.31. The van der Waals surface area contributed by atoms with Gasteiger partial charge in [0.2, 0.25) is 5.91 Å². The molecule has 0 bridgehead atoms. The van der Waals surface area contributed by atoms with E-state index in [4.69, 9.17) is 0 Å². The summed E-state index contributed by atoms with van der Waals surface area (Å²) in [5.74, 6) is -0.394. The minimum Gasteiger partial charge on any atom is -0.325 e. The highest BCUT2D eigenvalue weighted by Gasteiger charge is 2.24. The molecule has 1 N–H and O–H groups in total. The molecular formula is C21H24FN5O3S. The van der Waals surface area contributed by atoms with Crippen molar-refractivity contribution in [2.24, 2.45) is 14.1 Å². The molecule has 0 unspecified atom stereocenters. The zero-order valence-corrected chi connectivity index (χ0v) is 19.1. The highest BCUT2D eigenvalue weighted by atomic mass is 32.2. The highest BCUT2D eigenvalue weighted by molar-refractivity contribution is 8.00. The number of hydrogen-bond donors (Lipinski definition) is 1. The Kier molecular flexibility index (Phi) is 6.04. The van der Waals surface area contributed by atoms with Gasteiger partial charge in [-0.05, 0) is 24.6 Å². The van der Waals surface area contributed by atoms with E-state index in [0.29, 0.717) is 22.1 Å². The number of hydrogen-bond acceptors (Lipinski definition) is 6. The average molecular weight is 446 g/mol. The van der Waals surface area contributed by atoms with E-state index in [1.54, 1.807) is 19.1 Å². The van der Waals surface area contributed by atoms with Crippen molar-refractivity contribution < 1.29 is 9.18 Å². The number of carbonyl (C=O) groups excluding carboxylic acids is 1. The van der Waals surface area contributed by atoms with Gasteiger partial charge in [-0.2, -0.15) is 0 Å². The second-order valence-corrected chi connectivity index (χ2v) is 9.27. The standard InChI is InChI=1S/C21H24FN5O3S/c1-11-7-8-12(9-13(11)22)23-14(28)10-31-17-15-16(24-19(25-17)21(2,3)4)26(5)20(30)27(6)18(15)29/h7-9H,10H2,1-6H3,(H,23,28). The van der Waals surface area contributed by atoms with Gasteiger partial charge in [0.1, 0.15) is 22.1 Å². The Labute approximate surface area is 182 Å². The molecule has 0 spiro atoms. The third-order valence-corrected chi connectivity index (χ3v) is 5.71. The van der Waals surface area contributed by atoms with Gasteiger partial charge in [0.05, 0.1) is 5.75 Å². The molecule has 2 aromatic heterocycles. The molecule has 3 aromatic rings. The van der Waals surface area contributed by atoms with Crippen molar-refractivity contribution in [2.75, 3.05) is 11.1 Å². The van der Waals surface area contributed by atoms with Crippen molar-refractivity contribution in [1.82, 2.24) is 19.1 Å². The maximum absolute atomic E-state index is 13.7. The predicted octanol–water partition coefficient (Wildman–Crippen LogP) is 2.50. The van der Waals surface area contributed by atoms with Crippen LogP contribution in [0.25, 0.3) is 11.0 Å². The molecule has 164 valence electrons. The van der Waals surface area contributed by atoms with Gasteiger partial charge in [0.25, 0.3) is 5.56 Å². The van der Waals surface area contributed by atoms with Crippen LogP contribution in [0, 0.1) is 12.7 Å². The smallest absolute Gasteiger partial charge is 0.325 e. The molecule has 0 aliphatic heterocycles. The lowest BCUT2D eigenvalue weighted by atomic mass is 9.96. The van der Waals surface area contributed by atoms with Gasteiger partial charge in [-0.15, -0.1) is 0 Å². The summed E-state index contributed by atoms with van der Waals surface area (Å²) in [5, 5.41) is 3.13. The Morgan fingerprint density at radius 2 is 1.84 bits per heavy atom. The van der Waals surface area contributed by atoms with Crippen molar-refractivity contribution in [3.05, 3.63) is 56.2 Å². The molecule has 1 amide bonds. The topological polar surface area (TPSA) is 98.9 Å². The molecule has 31 heavy (non-hydrogen) atoms. The first-order valence-electron chi connectivity index (χ1n) is 9.57. The number of halogens is 1. The van der Waals surface area contributed by atoms with E-state index in [1.165, 1.54) is 24.7 Å². The summed E-state index contributed by atoms with van der Waals surface area (Å²) in [6.45, 7) is 7.39. The molecule has 0 atom stereocenters. The van der Waals surface area contributed by atoms with Crippen LogP contribution < -0.4 is 16.6 Å². The summed E-state index contributed by atoms with van der Waals surface area (Å²) in [5.41, 5.74) is -0.418. The maximum Gasteiger partial charge on any atom is 0.332 e. The first-order chi connectivity index (χ1) is 14.4. The van der Waals surface area contributed by atoms with Gasteiger partial charge in [-0.3, -0.25) is 18.7 Å². The quantitative estimate of drug-likeness (QED) is 0.489. The van der Waals surface area contributed by atoms with Crippen LogP contribution in [-0.2, 0) is 24.3 Å². The van der Waals surface area contributed by atoms with Crippen LogP contribution in [-0.4, -0.2) is 30.8 Å². The zero-order valence-electron chi connectivity index (χ0n) is 18.2. The normalized spacial score (nSPS) is 11.7. The number of anilines is 1. The number of carbonyl (C=O) groups is 1. The average Bonchev–Trinajstić information content (AvgIpc) is 2.70. The van der Waals surface area contributed by atoms with Gasteiger partial charge in [0, 0.05) is 25.2 Å². The van der Waals surface area contributed by atoms with Crippen molar-refractivity contribution >= 4 is 34.4 Å². The molecular weight excluding hydrogens is 421 g/mol. The fourth-order valence-electron chi connectivity index (χ4n) is 2.87. The monoisotopic (exact) mass is 445 g/mol. The number of aromatic nitrogens is 4. The summed E-state index contributed by atoms with van der Waals surface area (Å²) in [6.07, 6.45) is 0. The Morgan fingerprint density at radius 1 is 1.16 bits per heavy atom. The third kappa shape index (κ3) is 4.53. The first-order valence-corrected chi connectivity index (χ1v) is 10.6. The van der Waals surface area contributed by atoms with Crippen LogP contribution in [0.1, 0.15) is 32.2 Å². The number of nitrogens with zero attached hydrogens (tertiary/aromatic N) is 4. The fraction of sp³-hybridized carbons (Fsp3) is 0.381. The van der Waals surface area contributed by atoms with Crippen LogP contribution in [0.2, 0.25) is 0 Å². The summed E-state index contributed by atoms with van der Waals surface area (Å²) in [6, 6.07) is 4.45. The Balaban J connectivity index is 2.00. The third-order valence-electron chi connectivity index (χ3n) is 4.73. The lowest BCUT2D eigenvalue weighted by Crippen LogP contribution is -2.38. The van der Waals surface area contributed by atoms with E-state index >= 15 is 0 Å². The first kappa shape index (κ1) is 22.7. The number of amides is 1. The molecule has 0 aliphatic rings. The number of fused-ring (bicyclic) bond motifs is 1. The van der Waals surface area contributed by atoms with Crippen LogP contribution in [0.4, 0.5) is 10.1 Å². The minimum absolute atomic E-state index is 0.0583. The molecule has 0 saturated heterocycles. The number of thioether (sulfide) groups is 1. The molecule has 3 rings (SSSR count). The molecule has 0 aliphatic carbocycles. The molecule has 1 aromatic carbocycles. The van der Waals surface area contributed by atoms with Gasteiger partial charge in [-0.1, -0.05) is 38.6 Å². The van der Waals surface area contributed by atoms with Crippen LogP contribution >= 0.6 is 11.8 Å². The summed E-state index contributed by atoms with van der Waals surface area (Å²) < 4.78 is 16.0. The summed E-state index contributed by atoms with van der Waals surface area (Å²) in [4.78, 5) is 46.6. The molecule has 0 fully saturated rings. The number of nitrogens with one attached hydrogen (secondary N) is 1. The van der Waals surface area contributed by atoms with E-state index in [1.807, 2.05) is 20.8 Å². The second kappa shape index (κ2) is 8.26. The predicted molar refractivity (Wildman–Crippen MR) is 119 cm³/mol. The Hall–Kier alpha value is -3.01. The van der Waals surface area contributed by atoms with Gasteiger partial charge in [0.15, 0.2) is 5.65 Å². The molecule has 0 saturated carbocycles. The van der Waals surface area contributed by atoms with E-state index in [9.17, 15) is 18.8 Å². The van der Waals surface area contributed by atoms with E-state index in [2.05, 4.69) is 15.3 Å². The van der Waals surface area contributed by atoms with Gasteiger partial charge < -0.3 is 5.32 Å². The number of rotatable bonds is 4. The SMILES string of the molecule is Cc1ccc(NC(=O)CSc2nc(C(C)(C)C)nc3c2c(=O)n(C)c(=O)n3C)cc1F. The highest BCUT2D eigenvalue weighted by Crippen LogP contribution is 2.27. The zero-order chi connectivity index (χ0) is 23.1. The molecule has 2 heterocycles. The lowest BCUT2D eigenvalue weighted by molar-refractivity contribution is -0.113. The Bertz CT molecular complexity index is 1310. The number of benzene rings is 1. The maximum atomic E-state index is 13.7. The minimum atomic E-state index is -0.526. The molecule has 0 radical (unpaired) electrons. The fourth-order valence-corrected chi connectivity index (χ4v) is 3.68. The van der Waals surface area contributed by atoms with Gasteiger partial charge in [-0.25, -0.2) is 19.2 Å². The van der Waals surface area contributed by atoms with Crippen LogP contribution in [0.3, 0.4) is 0 Å². The largest absolute Gasteiger partial charge is 0.332 e. The lowest BCUT2D eigenvalue weighted by Gasteiger charge is -2.19. The van der Waals surface area contributed by atoms with E-state index in [0.717, 1.165) is 16.3 Å². The summed E-state index contributed by atoms with van der Waals surface area (Å²) >= 11 is 1.07. The van der Waals surface area contributed by atoms with Crippen molar-refractivity contribution in [1.29, 1.82) is 0 Å². The number of aryl methyl sites for hydroxylation is 2. The molecule has 8 nitrogen and oxygen atoms in total. The van der Waals surface area contributed by atoms with E-state index in [-0.39, 0.29) is 22.7 Å². The molecule has 10 heteroatoms. The van der Waals surface area contributed by atoms with E-state index < -0.39 is 22.5 Å². The van der Waals surface area contributed by atoms with Crippen LogP contribution in [0.5, 0.6) is 0 Å². The van der Waals surface area contributed by atoms with Gasteiger partial charge >= 0.3 is 5.69 Å². The Morgan fingerprint density at radius 3 is 2.45 bits per heavy atom. The summed E-state index contributed by atoms with van der Waals surface area (Å²) in [7, 11) is 2.92. The van der Waals surface area contributed by atoms with Crippen molar-refractivity contribution in [3.8, 4) is 0 Å². The van der Waals surface area contributed by atoms with Crippen molar-refractivity contribution in [3.63, 3.8) is 0 Å². The van der Waals surface area contributed by atoms with Crippen molar-refractivity contribution in [2.45, 2.75) is 38.1 Å². The van der Waals surface area contributed by atoms with Crippen LogP contribution in [0.15, 0.2) is 32.8 Å².